The number of ether oxygens (including phenoxy) is 1. The summed E-state index contributed by atoms with van der Waals surface area (Å²) in [5, 5.41) is 5.84. The van der Waals surface area contributed by atoms with E-state index in [1.165, 1.54) is 0 Å². The van der Waals surface area contributed by atoms with Gasteiger partial charge in [-0.05, 0) is 43.7 Å². The topological polar surface area (TPSA) is 87.7 Å². The zero-order valence-electron chi connectivity index (χ0n) is 16.2. The molecule has 152 valence electrons. The van der Waals surface area contributed by atoms with Crippen LogP contribution >= 0.6 is 11.6 Å². The first-order valence-electron chi connectivity index (χ1n) is 9.25. The van der Waals surface area contributed by atoms with Crippen molar-refractivity contribution in [2.75, 3.05) is 23.3 Å². The second-order valence-electron chi connectivity index (χ2n) is 6.70. The molecule has 2 N–H and O–H groups in total. The maximum absolute atomic E-state index is 12.4. The van der Waals surface area contributed by atoms with Crippen molar-refractivity contribution in [1.82, 2.24) is 5.32 Å². The van der Waals surface area contributed by atoms with Gasteiger partial charge in [-0.1, -0.05) is 29.8 Å². The van der Waals surface area contributed by atoms with E-state index in [1.807, 2.05) is 6.07 Å². The van der Waals surface area contributed by atoms with Crippen molar-refractivity contribution in [2.24, 2.45) is 0 Å². The number of hydrogen-bond donors (Lipinski definition) is 2. The highest BCUT2D eigenvalue weighted by atomic mass is 35.5. The Hall–Kier alpha value is -3.06. The summed E-state index contributed by atoms with van der Waals surface area (Å²) in [4.78, 5) is 38.2. The van der Waals surface area contributed by atoms with Crippen LogP contribution in [-0.2, 0) is 14.4 Å². The van der Waals surface area contributed by atoms with E-state index in [1.54, 1.807) is 55.1 Å². The monoisotopic (exact) mass is 415 g/mol. The molecular formula is C21H22ClN3O4. The first kappa shape index (κ1) is 20.7. The summed E-state index contributed by atoms with van der Waals surface area (Å²) in [7, 11) is 0. The van der Waals surface area contributed by atoms with Crippen molar-refractivity contribution in [2.45, 2.75) is 26.4 Å². The molecule has 1 heterocycles. The van der Waals surface area contributed by atoms with Crippen LogP contribution in [0.3, 0.4) is 0 Å². The molecule has 0 fully saturated rings. The number of anilines is 2. The van der Waals surface area contributed by atoms with E-state index in [9.17, 15) is 14.4 Å². The molecule has 0 saturated heterocycles. The van der Waals surface area contributed by atoms with Crippen LogP contribution in [0.2, 0.25) is 5.02 Å². The highest BCUT2D eigenvalue weighted by Crippen LogP contribution is 2.33. The van der Waals surface area contributed by atoms with Crippen molar-refractivity contribution < 1.29 is 19.1 Å². The van der Waals surface area contributed by atoms with E-state index < -0.39 is 6.10 Å². The summed E-state index contributed by atoms with van der Waals surface area (Å²) < 4.78 is 5.58. The van der Waals surface area contributed by atoms with Crippen LogP contribution in [0.15, 0.2) is 42.5 Å². The molecule has 0 aliphatic carbocycles. The lowest BCUT2D eigenvalue weighted by atomic mass is 10.1. The molecule has 1 aliphatic rings. The average Bonchev–Trinajstić information content (AvgIpc) is 2.70. The molecular weight excluding hydrogens is 394 g/mol. The molecule has 2 aromatic carbocycles. The summed E-state index contributed by atoms with van der Waals surface area (Å²) in [5.74, 6) is -0.278. The highest BCUT2D eigenvalue weighted by Gasteiger charge is 2.31. The van der Waals surface area contributed by atoms with Gasteiger partial charge in [0.2, 0.25) is 11.8 Å². The molecule has 1 aliphatic heterocycles. The van der Waals surface area contributed by atoms with Crippen LogP contribution in [0.1, 0.15) is 18.9 Å². The summed E-state index contributed by atoms with van der Waals surface area (Å²) in [6.45, 7) is 3.50. The van der Waals surface area contributed by atoms with Gasteiger partial charge in [-0.2, -0.15) is 0 Å². The fourth-order valence-electron chi connectivity index (χ4n) is 3.01. The fraction of sp³-hybridized carbons (Fsp3) is 0.286. The molecule has 29 heavy (non-hydrogen) atoms. The Kier molecular flexibility index (Phi) is 6.39. The lowest BCUT2D eigenvalue weighted by Crippen LogP contribution is -2.46. The molecule has 0 radical (unpaired) electrons. The second-order valence-corrected chi connectivity index (χ2v) is 7.11. The predicted molar refractivity (Wildman–Crippen MR) is 111 cm³/mol. The molecule has 3 rings (SSSR count). The lowest BCUT2D eigenvalue weighted by Gasteiger charge is -2.32. The summed E-state index contributed by atoms with van der Waals surface area (Å²) in [5.41, 5.74) is 1.99. The van der Waals surface area contributed by atoms with Crippen LogP contribution in [0, 0.1) is 6.92 Å². The van der Waals surface area contributed by atoms with Gasteiger partial charge in [0.15, 0.2) is 6.10 Å². The van der Waals surface area contributed by atoms with Crippen LogP contribution in [-0.4, -0.2) is 36.9 Å². The van der Waals surface area contributed by atoms with Gasteiger partial charge in [0.1, 0.15) is 5.75 Å². The number of para-hydroxylation sites is 2. The highest BCUT2D eigenvalue weighted by molar-refractivity contribution is 6.31. The Bertz CT molecular complexity index is 947. The Morgan fingerprint density at radius 2 is 1.90 bits per heavy atom. The molecule has 2 aromatic rings. The largest absolute Gasteiger partial charge is 0.479 e. The molecule has 1 atom stereocenters. The molecule has 0 aromatic heterocycles. The van der Waals surface area contributed by atoms with E-state index in [-0.39, 0.29) is 37.2 Å². The maximum Gasteiger partial charge on any atom is 0.267 e. The van der Waals surface area contributed by atoms with Gasteiger partial charge < -0.3 is 20.3 Å². The predicted octanol–water partition coefficient (Wildman–Crippen LogP) is 2.91. The molecule has 7 nitrogen and oxygen atoms in total. The van der Waals surface area contributed by atoms with Crippen molar-refractivity contribution in [3.63, 3.8) is 0 Å². The van der Waals surface area contributed by atoms with Crippen molar-refractivity contribution in [1.29, 1.82) is 0 Å². The molecule has 0 spiro atoms. The second kappa shape index (κ2) is 8.96. The van der Waals surface area contributed by atoms with E-state index >= 15 is 0 Å². The third kappa shape index (κ3) is 4.86. The SMILES string of the molecule is Cc1c(Cl)cccc1NC(=O)CNC(=O)CCN1C(=O)C(C)Oc2ccccc21. The summed E-state index contributed by atoms with van der Waals surface area (Å²) in [6, 6.07) is 12.4. The third-order valence-corrected chi connectivity index (χ3v) is 5.03. The summed E-state index contributed by atoms with van der Waals surface area (Å²) >= 11 is 6.04. The van der Waals surface area contributed by atoms with Crippen molar-refractivity contribution >= 4 is 40.7 Å². The number of carbonyl (C=O) groups excluding carboxylic acids is 3. The van der Waals surface area contributed by atoms with Gasteiger partial charge in [0.25, 0.3) is 5.91 Å². The normalized spacial score (nSPS) is 15.3. The van der Waals surface area contributed by atoms with E-state index in [0.717, 1.165) is 5.56 Å². The number of amides is 3. The minimum Gasteiger partial charge on any atom is -0.479 e. The number of fused-ring (bicyclic) bond motifs is 1. The Labute approximate surface area is 174 Å². The van der Waals surface area contributed by atoms with Crippen LogP contribution < -0.4 is 20.3 Å². The Morgan fingerprint density at radius 1 is 1.14 bits per heavy atom. The average molecular weight is 416 g/mol. The Morgan fingerprint density at radius 3 is 2.69 bits per heavy atom. The minimum atomic E-state index is -0.611. The molecule has 0 saturated carbocycles. The van der Waals surface area contributed by atoms with Gasteiger partial charge in [-0.25, -0.2) is 0 Å². The maximum atomic E-state index is 12.4. The van der Waals surface area contributed by atoms with Gasteiger partial charge in [-0.3, -0.25) is 14.4 Å². The van der Waals surface area contributed by atoms with E-state index in [4.69, 9.17) is 16.3 Å². The van der Waals surface area contributed by atoms with Crippen LogP contribution in [0.25, 0.3) is 0 Å². The molecule has 8 heteroatoms. The number of nitrogens with zero attached hydrogens (tertiary/aromatic N) is 1. The van der Waals surface area contributed by atoms with Gasteiger partial charge in [0.05, 0.1) is 12.2 Å². The van der Waals surface area contributed by atoms with Crippen LogP contribution in [0.5, 0.6) is 5.75 Å². The van der Waals surface area contributed by atoms with Gasteiger partial charge in [-0.15, -0.1) is 0 Å². The van der Waals surface area contributed by atoms with Gasteiger partial charge >= 0.3 is 0 Å². The van der Waals surface area contributed by atoms with Gasteiger partial charge in [0, 0.05) is 23.7 Å². The number of hydrogen-bond acceptors (Lipinski definition) is 4. The fourth-order valence-corrected chi connectivity index (χ4v) is 3.18. The molecule has 1 unspecified atom stereocenters. The smallest absolute Gasteiger partial charge is 0.267 e. The van der Waals surface area contributed by atoms with Crippen molar-refractivity contribution in [3.8, 4) is 5.75 Å². The van der Waals surface area contributed by atoms with E-state index in [0.29, 0.717) is 22.1 Å². The standard InChI is InChI=1S/C21H22ClN3O4/c1-13-15(22)6-5-7-16(13)24-20(27)12-23-19(26)10-11-25-17-8-3-4-9-18(17)29-14(2)21(25)28/h3-9,14H,10-12H2,1-2H3,(H,23,26)(H,24,27). The first-order valence-corrected chi connectivity index (χ1v) is 9.63. The van der Waals surface area contributed by atoms with E-state index in [2.05, 4.69) is 10.6 Å². The quantitative estimate of drug-likeness (QED) is 0.759. The number of halogens is 1. The third-order valence-electron chi connectivity index (χ3n) is 4.62. The number of carbonyl (C=O) groups is 3. The van der Waals surface area contributed by atoms with Crippen LogP contribution in [0.4, 0.5) is 11.4 Å². The minimum absolute atomic E-state index is 0.0657. The van der Waals surface area contributed by atoms with Crippen molar-refractivity contribution in [3.05, 3.63) is 53.1 Å². The lowest BCUT2D eigenvalue weighted by molar-refractivity contribution is -0.126. The zero-order valence-corrected chi connectivity index (χ0v) is 17.0. The summed E-state index contributed by atoms with van der Waals surface area (Å²) in [6.07, 6.45) is -0.546. The first-order chi connectivity index (χ1) is 13.9. The Balaban J connectivity index is 1.52. The molecule has 3 amide bonds. The number of nitrogens with one attached hydrogen (secondary N) is 2. The molecule has 0 bridgehead atoms. The number of rotatable bonds is 6. The number of benzene rings is 2. The zero-order chi connectivity index (χ0) is 21.0.